The molecule has 2 atom stereocenters. The van der Waals surface area contributed by atoms with Crippen molar-refractivity contribution in [2.24, 2.45) is 5.92 Å². The second-order valence-corrected chi connectivity index (χ2v) is 9.92. The van der Waals surface area contributed by atoms with Gasteiger partial charge >= 0.3 is 6.18 Å². The predicted molar refractivity (Wildman–Crippen MR) is 153 cm³/mol. The lowest BCUT2D eigenvalue weighted by Gasteiger charge is -2.28. The zero-order valence-electron chi connectivity index (χ0n) is 22.8. The van der Waals surface area contributed by atoms with Crippen LogP contribution < -0.4 is 21.7 Å². The van der Waals surface area contributed by atoms with Gasteiger partial charge in [0.05, 0.1) is 35.8 Å². The molecule has 1 saturated heterocycles. The van der Waals surface area contributed by atoms with Crippen LogP contribution in [0.25, 0.3) is 0 Å². The minimum absolute atomic E-state index is 0.114. The fourth-order valence-electron chi connectivity index (χ4n) is 4.56. The Hall–Kier alpha value is -4.00. The molecule has 1 aliphatic carbocycles. The van der Waals surface area contributed by atoms with Crippen LogP contribution in [0.4, 0.5) is 34.6 Å². The van der Waals surface area contributed by atoms with Crippen molar-refractivity contribution in [3.8, 4) is 0 Å². The average Bonchev–Trinajstić information content (AvgIpc) is 2.97. The van der Waals surface area contributed by atoms with E-state index in [0.29, 0.717) is 55.7 Å². The molecule has 224 valence electrons. The Morgan fingerprint density at radius 3 is 2.52 bits per heavy atom. The summed E-state index contributed by atoms with van der Waals surface area (Å²) >= 11 is 0. The summed E-state index contributed by atoms with van der Waals surface area (Å²) in [4.78, 5) is 27.8. The van der Waals surface area contributed by atoms with Crippen molar-refractivity contribution >= 4 is 28.9 Å². The second-order valence-electron chi connectivity index (χ2n) is 9.92. The molecule has 0 aromatic heterocycles. The lowest BCUT2D eigenvalue weighted by atomic mass is 9.92. The molecule has 5 N–H and O–H groups in total. The monoisotopic (exact) mass is 587 g/mol. The zero-order valence-corrected chi connectivity index (χ0v) is 22.8. The Morgan fingerprint density at radius 1 is 1.10 bits per heavy atom. The van der Waals surface area contributed by atoms with Crippen molar-refractivity contribution in [1.82, 2.24) is 10.2 Å². The number of anilines is 3. The molecule has 2 aromatic carbocycles. The number of nitrogens with one attached hydrogen (secondary N) is 3. The third-order valence-corrected chi connectivity index (χ3v) is 6.91. The summed E-state index contributed by atoms with van der Waals surface area (Å²) in [5.41, 5.74) is 5.95. The van der Waals surface area contributed by atoms with Crippen LogP contribution in [0, 0.1) is 11.7 Å². The molecule has 8 nitrogen and oxygen atoms in total. The summed E-state index contributed by atoms with van der Waals surface area (Å²) in [6.07, 6.45) is 4.38. The Kier molecular flexibility index (Phi) is 10.5. The highest BCUT2D eigenvalue weighted by Crippen LogP contribution is 2.31. The van der Waals surface area contributed by atoms with Crippen LogP contribution in [0.15, 0.2) is 78.4 Å². The molecule has 1 fully saturated rings. The highest BCUT2D eigenvalue weighted by Gasteiger charge is 2.32. The van der Waals surface area contributed by atoms with E-state index < -0.39 is 29.5 Å². The van der Waals surface area contributed by atoms with E-state index in [1.807, 2.05) is 12.2 Å². The number of benzene rings is 2. The molecule has 0 saturated carbocycles. The smallest absolute Gasteiger partial charge is 0.397 e. The second kappa shape index (κ2) is 14.3. The Morgan fingerprint density at radius 2 is 1.86 bits per heavy atom. The molecule has 0 spiro atoms. The van der Waals surface area contributed by atoms with Crippen LogP contribution in [0.2, 0.25) is 0 Å². The number of nitrogens with two attached hydrogens (primary N) is 1. The van der Waals surface area contributed by atoms with Gasteiger partial charge in [0.1, 0.15) is 11.9 Å². The number of hydrogen-bond acceptors (Lipinski definition) is 6. The Balaban J connectivity index is 1.41. The van der Waals surface area contributed by atoms with Crippen LogP contribution >= 0.6 is 0 Å². The van der Waals surface area contributed by atoms with Gasteiger partial charge in [0.2, 0.25) is 11.8 Å². The molecule has 2 amide bonds. The summed E-state index contributed by atoms with van der Waals surface area (Å²) in [6.45, 7) is 3.84. The Labute approximate surface area is 241 Å². The topological polar surface area (TPSA) is 109 Å². The fraction of sp³-hybridized carbons (Fsp3) is 0.333. The standard InChI is InChI=1S/C30H33F4N5O3/c31-23-19-22(30(32,33)34)10-11-25(23)38-29(41)28(36-13-14-39-15-17-42-18-16-39)21-8-5-20(6-9-21)7-12-27(40)37-26-4-2-1-3-24(26)35/h1-5,7-12,19-20,28,36H,6,13-18,35H2,(H,37,40)(H,38,41)/b12-7+. The number of nitrogen functional groups attached to an aromatic ring is 1. The molecule has 42 heavy (non-hydrogen) atoms. The number of hydrogen-bond donors (Lipinski definition) is 4. The SMILES string of the molecule is Nc1ccccc1NC(=O)/C=C/C1C=CC(C(NCCN2CCOCC2)C(=O)Nc2ccc(C(F)(F)F)cc2F)=CC1. The maximum Gasteiger partial charge on any atom is 0.416 e. The number of amides is 2. The normalized spacial score (nSPS) is 18.5. The number of ether oxygens (including phenoxy) is 1. The summed E-state index contributed by atoms with van der Waals surface area (Å²) < 4.78 is 58.7. The minimum atomic E-state index is -4.70. The molecule has 0 bridgehead atoms. The van der Waals surface area contributed by atoms with E-state index in [-0.39, 0.29) is 17.5 Å². The number of para-hydroxylation sites is 2. The van der Waals surface area contributed by atoms with Gasteiger partial charge in [0.15, 0.2) is 0 Å². The van der Waals surface area contributed by atoms with E-state index in [4.69, 9.17) is 10.5 Å². The highest BCUT2D eigenvalue weighted by molar-refractivity contribution is 6.01. The number of allylic oxidation sites excluding steroid dienone is 3. The molecule has 1 aliphatic heterocycles. The van der Waals surface area contributed by atoms with Crippen LogP contribution in [0.1, 0.15) is 12.0 Å². The van der Waals surface area contributed by atoms with Crippen molar-refractivity contribution in [2.45, 2.75) is 18.6 Å². The van der Waals surface area contributed by atoms with Crippen molar-refractivity contribution < 1.29 is 31.9 Å². The van der Waals surface area contributed by atoms with E-state index in [1.165, 1.54) is 6.08 Å². The zero-order chi connectivity index (χ0) is 30.1. The van der Waals surface area contributed by atoms with Gasteiger partial charge in [-0.2, -0.15) is 13.2 Å². The summed E-state index contributed by atoms with van der Waals surface area (Å²) in [7, 11) is 0. The van der Waals surface area contributed by atoms with E-state index in [2.05, 4.69) is 20.9 Å². The first kappa shape index (κ1) is 30.9. The molecule has 2 aromatic rings. The quantitative estimate of drug-likeness (QED) is 0.187. The molecular weight excluding hydrogens is 554 g/mol. The molecule has 12 heteroatoms. The minimum Gasteiger partial charge on any atom is -0.397 e. The van der Waals surface area contributed by atoms with E-state index in [0.717, 1.165) is 25.2 Å². The third-order valence-electron chi connectivity index (χ3n) is 6.91. The fourth-order valence-corrected chi connectivity index (χ4v) is 4.56. The van der Waals surface area contributed by atoms with Crippen molar-refractivity contribution in [1.29, 1.82) is 0 Å². The molecule has 2 aliphatic rings. The summed E-state index contributed by atoms with van der Waals surface area (Å²) in [5.74, 6) is -2.24. The number of alkyl halides is 3. The molecular formula is C30H33F4N5O3. The van der Waals surface area contributed by atoms with E-state index >= 15 is 0 Å². The number of nitrogens with zero attached hydrogens (tertiary/aromatic N) is 1. The van der Waals surface area contributed by atoms with E-state index in [9.17, 15) is 27.2 Å². The van der Waals surface area contributed by atoms with Gasteiger partial charge in [0, 0.05) is 26.2 Å². The molecule has 0 radical (unpaired) electrons. The van der Waals surface area contributed by atoms with Crippen molar-refractivity contribution in [3.05, 3.63) is 89.8 Å². The molecule has 4 rings (SSSR count). The summed E-state index contributed by atoms with van der Waals surface area (Å²) in [6, 6.07) is 8.00. The summed E-state index contributed by atoms with van der Waals surface area (Å²) in [5, 5.41) is 8.35. The van der Waals surface area contributed by atoms with Crippen molar-refractivity contribution in [3.63, 3.8) is 0 Å². The number of rotatable bonds is 10. The van der Waals surface area contributed by atoms with E-state index in [1.54, 1.807) is 36.4 Å². The number of carbonyl (C=O) groups excluding carboxylic acids is 2. The van der Waals surface area contributed by atoms with Crippen LogP contribution in [0.5, 0.6) is 0 Å². The maximum atomic E-state index is 14.5. The number of morpholine rings is 1. The van der Waals surface area contributed by atoms with Gasteiger partial charge in [0.25, 0.3) is 0 Å². The number of carbonyl (C=O) groups is 2. The molecule has 1 heterocycles. The first-order valence-corrected chi connectivity index (χ1v) is 13.5. The maximum absolute atomic E-state index is 14.5. The van der Waals surface area contributed by atoms with Crippen LogP contribution in [-0.4, -0.2) is 62.1 Å². The van der Waals surface area contributed by atoms with Crippen LogP contribution in [-0.2, 0) is 20.5 Å². The first-order chi connectivity index (χ1) is 20.1. The van der Waals surface area contributed by atoms with Crippen molar-refractivity contribution in [2.75, 3.05) is 55.8 Å². The van der Waals surface area contributed by atoms with Gasteiger partial charge in [-0.3, -0.25) is 14.5 Å². The third kappa shape index (κ3) is 8.75. The lowest BCUT2D eigenvalue weighted by molar-refractivity contribution is -0.137. The lowest BCUT2D eigenvalue weighted by Crippen LogP contribution is -2.46. The van der Waals surface area contributed by atoms with Crippen LogP contribution in [0.3, 0.4) is 0 Å². The van der Waals surface area contributed by atoms with Gasteiger partial charge in [-0.05, 0) is 54.3 Å². The Bertz CT molecular complexity index is 1350. The average molecular weight is 588 g/mol. The predicted octanol–water partition coefficient (Wildman–Crippen LogP) is 4.35. The first-order valence-electron chi connectivity index (χ1n) is 13.5. The largest absolute Gasteiger partial charge is 0.416 e. The highest BCUT2D eigenvalue weighted by atomic mass is 19.4. The van der Waals surface area contributed by atoms with Gasteiger partial charge in [-0.25, -0.2) is 4.39 Å². The number of halogens is 4. The molecule has 2 unspecified atom stereocenters. The van der Waals surface area contributed by atoms with Gasteiger partial charge < -0.3 is 26.4 Å². The van der Waals surface area contributed by atoms with Gasteiger partial charge in [-0.1, -0.05) is 36.4 Å². The van der Waals surface area contributed by atoms with Gasteiger partial charge in [-0.15, -0.1) is 0 Å².